The first-order chi connectivity index (χ1) is 22.5. The number of pyridine rings is 1. The van der Waals surface area contributed by atoms with Gasteiger partial charge in [0.25, 0.3) is 0 Å². The van der Waals surface area contributed by atoms with Gasteiger partial charge in [0.2, 0.25) is 0 Å². The van der Waals surface area contributed by atoms with Gasteiger partial charge in [-0.25, -0.2) is 9.07 Å². The van der Waals surface area contributed by atoms with Crippen LogP contribution in [0.25, 0.3) is 10.9 Å². The summed E-state index contributed by atoms with van der Waals surface area (Å²) < 4.78 is 65.9. The van der Waals surface area contributed by atoms with Crippen molar-refractivity contribution in [3.05, 3.63) is 112 Å². The average Bonchev–Trinajstić information content (AvgIpc) is 3.73. The van der Waals surface area contributed by atoms with E-state index in [0.717, 1.165) is 28.6 Å². The third kappa shape index (κ3) is 5.92. The molecule has 3 aromatic carbocycles. The van der Waals surface area contributed by atoms with Crippen molar-refractivity contribution in [2.45, 2.75) is 49.5 Å². The number of alkyl halides is 3. The summed E-state index contributed by atoms with van der Waals surface area (Å²) in [7, 11) is 0. The van der Waals surface area contributed by atoms with Crippen LogP contribution >= 0.6 is 11.6 Å². The predicted molar refractivity (Wildman–Crippen MR) is 164 cm³/mol. The molecule has 2 N–H and O–H groups in total. The molecule has 1 aliphatic rings. The maximum atomic E-state index is 13.9. The molecule has 2 atom stereocenters. The van der Waals surface area contributed by atoms with E-state index in [1.54, 1.807) is 6.07 Å². The topological polar surface area (TPSA) is 115 Å². The molecule has 5 aromatic rings. The van der Waals surface area contributed by atoms with Gasteiger partial charge in [-0.1, -0.05) is 59.3 Å². The fraction of sp³-hybridized carbons (Fsp3) is 0.242. The van der Waals surface area contributed by atoms with Crippen LogP contribution in [-0.2, 0) is 5.54 Å². The molecular formula is C33H25ClF4N8. The Morgan fingerprint density at radius 2 is 1.78 bits per heavy atom. The molecule has 2 aromatic heterocycles. The molecule has 232 valence electrons. The quantitative estimate of drug-likeness (QED) is 0.147. The number of fused-ring (bicyclic) bond motifs is 1. The number of rotatable bonds is 10. The van der Waals surface area contributed by atoms with Gasteiger partial charge >= 0.3 is 6.18 Å². The second-order valence-electron chi connectivity index (χ2n) is 10.9. The molecular weight excluding hydrogens is 620 g/mol. The zero-order valence-electron chi connectivity index (χ0n) is 25.0. The van der Waals surface area contributed by atoms with Gasteiger partial charge in [0.15, 0.2) is 5.54 Å². The Morgan fingerprint density at radius 3 is 2.43 bits per heavy atom. The largest absolute Gasteiger partial charge is 0.413 e. The first-order valence-corrected chi connectivity index (χ1v) is 14.6. The summed E-state index contributed by atoms with van der Waals surface area (Å²) >= 11 is 6.71. The molecule has 0 bridgehead atoms. The molecule has 2 heterocycles. The van der Waals surface area contributed by atoms with Crippen LogP contribution in [0.4, 0.5) is 28.9 Å². The maximum absolute atomic E-state index is 13.9. The van der Waals surface area contributed by atoms with E-state index >= 15 is 0 Å². The number of halogens is 5. The summed E-state index contributed by atoms with van der Waals surface area (Å²) in [6.07, 6.45) is -1.79. The highest BCUT2D eigenvalue weighted by Gasteiger charge is 2.66. The fourth-order valence-corrected chi connectivity index (χ4v) is 5.62. The van der Waals surface area contributed by atoms with Crippen LogP contribution in [0.5, 0.6) is 0 Å². The number of benzene rings is 3. The van der Waals surface area contributed by atoms with Gasteiger partial charge in [0.1, 0.15) is 17.6 Å². The highest BCUT2D eigenvalue weighted by Crippen LogP contribution is 2.55. The number of hydrogen-bond donors (Lipinski definition) is 2. The van der Waals surface area contributed by atoms with Gasteiger partial charge in [-0.15, -0.1) is 5.10 Å². The van der Waals surface area contributed by atoms with E-state index in [1.165, 1.54) is 24.4 Å². The molecule has 1 aliphatic carbocycles. The maximum Gasteiger partial charge on any atom is 0.413 e. The van der Waals surface area contributed by atoms with E-state index in [4.69, 9.17) is 11.6 Å². The number of hydrogen-bond acceptors (Lipinski definition) is 7. The molecule has 0 amide bonds. The second-order valence-corrected chi connectivity index (χ2v) is 11.3. The van der Waals surface area contributed by atoms with Crippen molar-refractivity contribution in [1.29, 1.82) is 10.5 Å². The highest BCUT2D eigenvalue weighted by atomic mass is 35.5. The molecule has 6 rings (SSSR count). The summed E-state index contributed by atoms with van der Waals surface area (Å²) in [6, 6.07) is 19.3. The fourth-order valence-electron chi connectivity index (χ4n) is 5.36. The monoisotopic (exact) mass is 645 g/mol. The lowest BCUT2D eigenvalue weighted by molar-refractivity contribution is -0.182. The first kappa shape index (κ1) is 29.5. The number of nitriles is 2. The van der Waals surface area contributed by atoms with Gasteiger partial charge in [-0.05, 0) is 54.7 Å². The van der Waals surface area contributed by atoms with E-state index in [2.05, 4.69) is 38.1 Å². The standard InChI is InChI=1S/C33H25ClF4N8/c34-26-16-24(15-25-29(22(17-40)18-41-31(25)26)43-27(7-4-14-39)20-5-2-1-3-6-20)42-30(21-8-10-23(35)11-9-21)28-19-46(45-44-28)32(12-13-32)33(36,37)38/h1-3,5-6,8-11,15-16,18-19,27,30,42H,4,7,12-13H2,(H,41,43)/i30D. The molecule has 0 radical (unpaired) electrons. The van der Waals surface area contributed by atoms with Gasteiger partial charge in [-0.3, -0.25) is 4.98 Å². The first-order valence-electron chi connectivity index (χ1n) is 14.7. The van der Waals surface area contributed by atoms with Crippen LogP contribution in [0.1, 0.15) is 61.5 Å². The normalized spacial score (nSPS) is 16.0. The minimum Gasteiger partial charge on any atom is -0.377 e. The van der Waals surface area contributed by atoms with Crippen molar-refractivity contribution in [2.75, 3.05) is 10.6 Å². The van der Waals surface area contributed by atoms with Crippen LogP contribution in [-0.4, -0.2) is 26.2 Å². The minimum atomic E-state index is -4.57. The third-order valence-corrected chi connectivity index (χ3v) is 8.24. The van der Waals surface area contributed by atoms with Crippen molar-refractivity contribution in [1.82, 2.24) is 20.0 Å². The van der Waals surface area contributed by atoms with Crippen molar-refractivity contribution in [3.63, 3.8) is 0 Å². The Hall–Kier alpha value is -5.20. The van der Waals surface area contributed by atoms with Crippen LogP contribution in [0, 0.1) is 28.5 Å². The average molecular weight is 646 g/mol. The molecule has 2 unspecified atom stereocenters. The smallest absolute Gasteiger partial charge is 0.377 e. The van der Waals surface area contributed by atoms with E-state index in [9.17, 15) is 29.5 Å². The second kappa shape index (κ2) is 12.3. The van der Waals surface area contributed by atoms with Crippen molar-refractivity contribution in [2.24, 2.45) is 0 Å². The molecule has 1 saturated carbocycles. The molecule has 0 spiro atoms. The van der Waals surface area contributed by atoms with Crippen LogP contribution in [0.15, 0.2) is 79.1 Å². The van der Waals surface area contributed by atoms with Gasteiger partial charge in [0.05, 0.1) is 47.5 Å². The Morgan fingerprint density at radius 1 is 1.04 bits per heavy atom. The van der Waals surface area contributed by atoms with Crippen molar-refractivity contribution < 1.29 is 18.9 Å². The number of aromatic nitrogens is 4. The summed E-state index contributed by atoms with van der Waals surface area (Å²) in [5.74, 6) is -0.572. The summed E-state index contributed by atoms with van der Waals surface area (Å²) in [5.41, 5.74) is -0.149. The summed E-state index contributed by atoms with van der Waals surface area (Å²) in [5, 5.41) is 34.1. The Labute approximate surface area is 267 Å². The number of nitrogens with zero attached hydrogens (tertiary/aromatic N) is 6. The Kier molecular flexibility index (Phi) is 7.89. The van der Waals surface area contributed by atoms with E-state index < -0.39 is 23.6 Å². The summed E-state index contributed by atoms with van der Waals surface area (Å²) in [6.45, 7) is 0. The van der Waals surface area contributed by atoms with Crippen LogP contribution in [0.3, 0.4) is 0 Å². The number of nitrogens with one attached hydrogen (secondary N) is 2. The SMILES string of the molecule is [2H]C(Nc1cc(Cl)c2ncc(C#N)c(NC(CCC#N)c3ccccc3)c2c1)(c1ccc(F)cc1)c1cn(C2(C(F)(F)F)CC2)nn1. The van der Waals surface area contributed by atoms with E-state index in [1.807, 2.05) is 30.3 Å². The lowest BCUT2D eigenvalue weighted by Crippen LogP contribution is -2.35. The van der Waals surface area contributed by atoms with Gasteiger partial charge < -0.3 is 10.6 Å². The van der Waals surface area contributed by atoms with E-state index in [0.29, 0.717) is 23.0 Å². The highest BCUT2D eigenvalue weighted by molar-refractivity contribution is 6.35. The zero-order valence-corrected chi connectivity index (χ0v) is 24.7. The molecule has 0 aliphatic heterocycles. The predicted octanol–water partition coefficient (Wildman–Crippen LogP) is 8.20. The zero-order chi connectivity index (χ0) is 33.4. The molecule has 0 saturated heterocycles. The lowest BCUT2D eigenvalue weighted by atomic mass is 10.00. The van der Waals surface area contributed by atoms with Crippen LogP contribution in [0.2, 0.25) is 5.02 Å². The van der Waals surface area contributed by atoms with Crippen molar-refractivity contribution >= 4 is 33.9 Å². The van der Waals surface area contributed by atoms with E-state index in [-0.39, 0.29) is 52.8 Å². The Balaban J connectivity index is 1.46. The third-order valence-electron chi connectivity index (χ3n) is 7.95. The minimum absolute atomic E-state index is 0.157. The Bertz CT molecular complexity index is 2020. The van der Waals surface area contributed by atoms with Gasteiger partial charge in [-0.2, -0.15) is 23.7 Å². The van der Waals surface area contributed by atoms with Crippen molar-refractivity contribution in [3.8, 4) is 12.1 Å². The molecule has 8 nitrogen and oxygen atoms in total. The molecule has 13 heteroatoms. The summed E-state index contributed by atoms with van der Waals surface area (Å²) in [4.78, 5) is 4.38. The van der Waals surface area contributed by atoms with Crippen LogP contribution < -0.4 is 10.6 Å². The number of anilines is 2. The molecule has 1 fully saturated rings. The molecule has 46 heavy (non-hydrogen) atoms. The lowest BCUT2D eigenvalue weighted by Gasteiger charge is -2.23. The van der Waals surface area contributed by atoms with Gasteiger partial charge in [0, 0.05) is 23.7 Å².